The van der Waals surface area contributed by atoms with Crippen LogP contribution in [0.4, 0.5) is 0 Å². The number of hydrogen-bond donors (Lipinski definition) is 1. The molecule has 0 bridgehead atoms. The van der Waals surface area contributed by atoms with E-state index < -0.39 is 0 Å². The van der Waals surface area contributed by atoms with Gasteiger partial charge in [-0.05, 0) is 31.4 Å². The molecule has 3 rings (SSSR count). The lowest BCUT2D eigenvalue weighted by Gasteiger charge is -2.29. The van der Waals surface area contributed by atoms with Crippen LogP contribution in [0, 0.1) is 5.92 Å². The molecule has 0 unspecified atom stereocenters. The Morgan fingerprint density at radius 3 is 2.74 bits per heavy atom. The molecule has 0 aliphatic heterocycles. The van der Waals surface area contributed by atoms with Crippen molar-refractivity contribution in [2.75, 3.05) is 7.05 Å². The van der Waals surface area contributed by atoms with E-state index in [1.54, 1.807) is 0 Å². The maximum Gasteiger partial charge on any atom is 0.212 e. The van der Waals surface area contributed by atoms with Crippen molar-refractivity contribution in [3.8, 4) is 5.88 Å². The van der Waals surface area contributed by atoms with Gasteiger partial charge in [0, 0.05) is 12.6 Å². The number of benzene rings is 1. The Hall–Kier alpha value is -1.81. The van der Waals surface area contributed by atoms with E-state index in [-0.39, 0.29) is 0 Å². The van der Waals surface area contributed by atoms with Crippen LogP contribution in [0.2, 0.25) is 0 Å². The van der Waals surface area contributed by atoms with Crippen molar-refractivity contribution in [1.29, 1.82) is 0 Å². The van der Waals surface area contributed by atoms with Crippen LogP contribution in [0.15, 0.2) is 36.4 Å². The molecule has 1 aromatic carbocycles. The van der Waals surface area contributed by atoms with Crippen molar-refractivity contribution < 1.29 is 4.74 Å². The molecule has 2 atom stereocenters. The molecule has 0 saturated heterocycles. The van der Waals surface area contributed by atoms with E-state index >= 15 is 0 Å². The average Bonchev–Trinajstić information content (AvgIpc) is 2.97. The number of hydrogen-bond acceptors (Lipinski definition) is 3. The van der Waals surface area contributed by atoms with E-state index in [2.05, 4.69) is 35.1 Å². The second kappa shape index (κ2) is 7.64. The molecular weight excluding hydrogens is 286 g/mol. The topological polar surface area (TPSA) is 39.1 Å². The Kier molecular flexibility index (Phi) is 5.34. The number of ether oxygens (including phenoxy) is 1. The molecule has 1 fully saturated rings. The second-order valence-electron chi connectivity index (χ2n) is 6.55. The molecule has 1 aliphatic carbocycles. The Morgan fingerprint density at radius 1 is 1.22 bits per heavy atom. The highest BCUT2D eigenvalue weighted by Gasteiger charge is 2.26. The molecule has 1 aromatic heterocycles. The van der Waals surface area contributed by atoms with Gasteiger partial charge in [-0.15, -0.1) is 0 Å². The summed E-state index contributed by atoms with van der Waals surface area (Å²) in [7, 11) is 1.95. The van der Waals surface area contributed by atoms with E-state index in [0.717, 1.165) is 18.1 Å². The van der Waals surface area contributed by atoms with E-state index in [4.69, 9.17) is 9.84 Å². The van der Waals surface area contributed by atoms with Gasteiger partial charge in [-0.1, -0.05) is 50.1 Å². The SMILES string of the molecule is CNCc1cc(OCc2ccccc2)n([C@@H]2CCCC[C@@H]2C)n1. The third-order valence-electron chi connectivity index (χ3n) is 4.72. The van der Waals surface area contributed by atoms with Gasteiger partial charge in [-0.2, -0.15) is 5.10 Å². The van der Waals surface area contributed by atoms with E-state index in [9.17, 15) is 0 Å². The lowest BCUT2D eigenvalue weighted by Crippen LogP contribution is -2.23. The molecule has 1 aliphatic rings. The Balaban J connectivity index is 1.79. The molecule has 1 heterocycles. The zero-order valence-electron chi connectivity index (χ0n) is 14.2. The van der Waals surface area contributed by atoms with Crippen molar-refractivity contribution in [2.45, 2.75) is 51.8 Å². The first-order valence-electron chi connectivity index (χ1n) is 8.67. The fraction of sp³-hybridized carbons (Fsp3) is 0.526. The highest BCUT2D eigenvalue weighted by atomic mass is 16.5. The van der Waals surface area contributed by atoms with Crippen LogP contribution < -0.4 is 10.1 Å². The van der Waals surface area contributed by atoms with Crippen molar-refractivity contribution in [2.24, 2.45) is 5.92 Å². The Labute approximate surface area is 138 Å². The van der Waals surface area contributed by atoms with E-state index in [0.29, 0.717) is 18.6 Å². The fourth-order valence-corrected chi connectivity index (χ4v) is 3.43. The largest absolute Gasteiger partial charge is 0.473 e. The molecule has 4 nitrogen and oxygen atoms in total. The van der Waals surface area contributed by atoms with Gasteiger partial charge in [-0.25, -0.2) is 4.68 Å². The Morgan fingerprint density at radius 2 is 2.00 bits per heavy atom. The van der Waals surface area contributed by atoms with Crippen LogP contribution in [-0.4, -0.2) is 16.8 Å². The number of rotatable bonds is 6. The number of aromatic nitrogens is 2. The first kappa shape index (κ1) is 16.1. The minimum Gasteiger partial charge on any atom is -0.473 e. The monoisotopic (exact) mass is 313 g/mol. The van der Waals surface area contributed by atoms with Crippen molar-refractivity contribution in [3.63, 3.8) is 0 Å². The fourth-order valence-electron chi connectivity index (χ4n) is 3.43. The summed E-state index contributed by atoms with van der Waals surface area (Å²) in [5, 5.41) is 8.00. The summed E-state index contributed by atoms with van der Waals surface area (Å²) in [6.07, 6.45) is 5.10. The summed E-state index contributed by atoms with van der Waals surface area (Å²) in [6, 6.07) is 12.9. The third kappa shape index (κ3) is 3.94. The zero-order chi connectivity index (χ0) is 16.1. The average molecular weight is 313 g/mol. The first-order chi connectivity index (χ1) is 11.3. The van der Waals surface area contributed by atoms with E-state index in [1.807, 2.05) is 25.2 Å². The molecule has 0 radical (unpaired) electrons. The van der Waals surface area contributed by atoms with Crippen LogP contribution in [0.5, 0.6) is 5.88 Å². The minimum absolute atomic E-state index is 0.458. The van der Waals surface area contributed by atoms with Crippen LogP contribution in [-0.2, 0) is 13.2 Å². The summed E-state index contributed by atoms with van der Waals surface area (Å²) < 4.78 is 8.26. The van der Waals surface area contributed by atoms with Crippen LogP contribution in [0.3, 0.4) is 0 Å². The van der Waals surface area contributed by atoms with Gasteiger partial charge < -0.3 is 10.1 Å². The maximum atomic E-state index is 6.12. The van der Waals surface area contributed by atoms with Crippen LogP contribution >= 0.6 is 0 Å². The highest BCUT2D eigenvalue weighted by molar-refractivity contribution is 5.19. The first-order valence-corrected chi connectivity index (χ1v) is 8.67. The molecule has 124 valence electrons. The molecule has 1 saturated carbocycles. The minimum atomic E-state index is 0.458. The summed E-state index contributed by atoms with van der Waals surface area (Å²) in [6.45, 7) is 3.70. The molecule has 4 heteroatoms. The van der Waals surface area contributed by atoms with Crippen molar-refractivity contribution >= 4 is 0 Å². The second-order valence-corrected chi connectivity index (χ2v) is 6.55. The molecule has 0 amide bonds. The molecule has 2 aromatic rings. The Bertz CT molecular complexity index is 608. The number of nitrogens with one attached hydrogen (secondary N) is 1. The number of nitrogens with zero attached hydrogens (tertiary/aromatic N) is 2. The van der Waals surface area contributed by atoms with E-state index in [1.165, 1.54) is 31.2 Å². The van der Waals surface area contributed by atoms with Gasteiger partial charge in [0.25, 0.3) is 0 Å². The van der Waals surface area contributed by atoms with Crippen LogP contribution in [0.1, 0.15) is 49.9 Å². The third-order valence-corrected chi connectivity index (χ3v) is 4.72. The van der Waals surface area contributed by atoms with Gasteiger partial charge >= 0.3 is 0 Å². The summed E-state index contributed by atoms with van der Waals surface area (Å²) in [4.78, 5) is 0. The van der Waals surface area contributed by atoms with Crippen molar-refractivity contribution in [3.05, 3.63) is 47.7 Å². The van der Waals surface area contributed by atoms with Gasteiger partial charge in [0.2, 0.25) is 5.88 Å². The lowest BCUT2D eigenvalue weighted by atomic mass is 9.86. The summed E-state index contributed by atoms with van der Waals surface area (Å²) >= 11 is 0. The predicted molar refractivity (Wildman–Crippen MR) is 92.4 cm³/mol. The lowest BCUT2D eigenvalue weighted by molar-refractivity contribution is 0.198. The quantitative estimate of drug-likeness (QED) is 0.878. The molecule has 1 N–H and O–H groups in total. The van der Waals surface area contributed by atoms with Gasteiger partial charge in [0.1, 0.15) is 6.61 Å². The van der Waals surface area contributed by atoms with Crippen LogP contribution in [0.25, 0.3) is 0 Å². The van der Waals surface area contributed by atoms with Crippen molar-refractivity contribution in [1.82, 2.24) is 15.1 Å². The molecule has 23 heavy (non-hydrogen) atoms. The maximum absolute atomic E-state index is 6.12. The normalized spacial score (nSPS) is 21.3. The molecular formula is C19H27N3O. The molecule has 0 spiro atoms. The predicted octanol–water partition coefficient (Wildman–Crippen LogP) is 3.93. The highest BCUT2D eigenvalue weighted by Crippen LogP contribution is 2.36. The van der Waals surface area contributed by atoms with Gasteiger partial charge in [-0.3, -0.25) is 0 Å². The smallest absolute Gasteiger partial charge is 0.212 e. The summed E-state index contributed by atoms with van der Waals surface area (Å²) in [5.41, 5.74) is 2.24. The van der Waals surface area contributed by atoms with Gasteiger partial charge in [0.15, 0.2) is 0 Å². The zero-order valence-corrected chi connectivity index (χ0v) is 14.2. The van der Waals surface area contributed by atoms with Gasteiger partial charge in [0.05, 0.1) is 11.7 Å². The summed E-state index contributed by atoms with van der Waals surface area (Å²) in [5.74, 6) is 1.56. The standard InChI is InChI=1S/C19H27N3O/c1-15-8-6-7-11-18(15)22-19(12-17(21-22)13-20-2)23-14-16-9-4-3-5-10-16/h3-5,9-10,12,15,18,20H,6-8,11,13-14H2,1-2H3/t15-,18+/m0/s1.